The van der Waals surface area contributed by atoms with E-state index in [1.165, 1.54) is 33.9 Å². The van der Waals surface area contributed by atoms with E-state index in [1.54, 1.807) is 23.5 Å². The topological polar surface area (TPSA) is 48.7 Å². The zero-order valence-corrected chi connectivity index (χ0v) is 15.8. The fourth-order valence-corrected chi connectivity index (χ4v) is 5.10. The van der Waals surface area contributed by atoms with Crippen LogP contribution >= 0.6 is 11.3 Å². The molecule has 1 aromatic carbocycles. The number of quaternary nitrogens is 1. The second kappa shape index (κ2) is 7.14. The molecule has 0 saturated carbocycles. The number of nitrogens with one attached hydrogen (secondary N) is 1. The third kappa shape index (κ3) is 3.42. The van der Waals surface area contributed by atoms with Crippen molar-refractivity contribution in [1.82, 2.24) is 9.97 Å². The second-order valence-electron chi connectivity index (χ2n) is 7.08. The molecule has 0 unspecified atom stereocenters. The molecule has 0 amide bonds. The molecule has 5 rings (SSSR count). The average Bonchev–Trinajstić information content (AvgIpc) is 3.25. The monoisotopic (exact) mass is 386 g/mol. The Morgan fingerprint density at radius 2 is 1.93 bits per heavy atom. The van der Waals surface area contributed by atoms with Crippen LogP contribution in [0.1, 0.15) is 22.7 Å². The highest BCUT2D eigenvalue weighted by atomic mass is 32.1. The number of thiophene rings is 1. The lowest BCUT2D eigenvalue weighted by atomic mass is 10.2. The number of rotatable bonds is 4. The van der Waals surface area contributed by atoms with E-state index in [4.69, 9.17) is 19.4 Å². The van der Waals surface area contributed by atoms with Crippen LogP contribution in [0, 0.1) is 5.82 Å². The molecule has 0 bridgehead atoms. The first-order valence-corrected chi connectivity index (χ1v) is 10.2. The van der Waals surface area contributed by atoms with Gasteiger partial charge in [0.05, 0.1) is 18.6 Å². The highest BCUT2D eigenvalue weighted by Gasteiger charge is 2.25. The van der Waals surface area contributed by atoms with Crippen molar-refractivity contribution >= 4 is 21.6 Å². The zero-order valence-electron chi connectivity index (χ0n) is 15.0. The number of hydrogen-bond donors (Lipinski definition) is 1. The highest BCUT2D eigenvalue weighted by Crippen LogP contribution is 2.41. The Morgan fingerprint density at radius 1 is 1.11 bits per heavy atom. The third-order valence-corrected chi connectivity index (χ3v) is 6.40. The number of morpholine rings is 1. The Bertz CT molecular complexity index is 968. The van der Waals surface area contributed by atoms with Gasteiger partial charge < -0.3 is 14.4 Å². The lowest BCUT2D eigenvalue weighted by Gasteiger charge is -2.23. The van der Waals surface area contributed by atoms with Crippen molar-refractivity contribution < 1.29 is 18.8 Å². The SMILES string of the molecule is Fc1ccc(Oc2nc(C[NH+]3CCOCC3)nc3sc4c(c23)CCC4)cc1. The van der Waals surface area contributed by atoms with Crippen LogP contribution in [-0.2, 0) is 24.1 Å². The van der Waals surface area contributed by atoms with Gasteiger partial charge in [0, 0.05) is 4.88 Å². The summed E-state index contributed by atoms with van der Waals surface area (Å²) in [7, 11) is 0. The van der Waals surface area contributed by atoms with Crippen molar-refractivity contribution in [3.63, 3.8) is 0 Å². The molecule has 140 valence electrons. The minimum absolute atomic E-state index is 0.275. The smallest absolute Gasteiger partial charge is 0.231 e. The fourth-order valence-electron chi connectivity index (χ4n) is 3.83. The maximum absolute atomic E-state index is 13.2. The molecule has 0 radical (unpaired) electrons. The van der Waals surface area contributed by atoms with Crippen molar-refractivity contribution in [3.8, 4) is 11.6 Å². The predicted molar refractivity (Wildman–Crippen MR) is 101 cm³/mol. The summed E-state index contributed by atoms with van der Waals surface area (Å²) in [5.41, 5.74) is 1.33. The lowest BCUT2D eigenvalue weighted by Crippen LogP contribution is -3.12. The summed E-state index contributed by atoms with van der Waals surface area (Å²) in [6.07, 6.45) is 3.33. The molecule has 5 nitrogen and oxygen atoms in total. The molecule has 1 aliphatic heterocycles. The molecule has 27 heavy (non-hydrogen) atoms. The van der Waals surface area contributed by atoms with E-state index >= 15 is 0 Å². The number of benzene rings is 1. The standard InChI is InChI=1S/C20H20FN3O2S/c21-13-4-6-14(7-5-13)26-19-18-15-2-1-3-16(15)27-20(18)23-17(22-19)12-24-8-10-25-11-9-24/h4-7H,1-3,8-12H2/p+1. The van der Waals surface area contributed by atoms with Crippen LogP contribution < -0.4 is 9.64 Å². The highest BCUT2D eigenvalue weighted by molar-refractivity contribution is 7.19. The largest absolute Gasteiger partial charge is 0.438 e. The van der Waals surface area contributed by atoms with Crippen molar-refractivity contribution in [2.24, 2.45) is 0 Å². The van der Waals surface area contributed by atoms with E-state index in [-0.39, 0.29) is 5.82 Å². The van der Waals surface area contributed by atoms with Crippen molar-refractivity contribution in [2.45, 2.75) is 25.8 Å². The maximum Gasteiger partial charge on any atom is 0.231 e. The summed E-state index contributed by atoms with van der Waals surface area (Å²) >= 11 is 1.76. The molecule has 0 spiro atoms. The van der Waals surface area contributed by atoms with Gasteiger partial charge in [-0.1, -0.05) is 0 Å². The molecule has 7 heteroatoms. The first-order chi connectivity index (χ1) is 13.3. The first-order valence-electron chi connectivity index (χ1n) is 9.42. The molecule has 3 heterocycles. The Labute approximate surface area is 160 Å². The summed E-state index contributed by atoms with van der Waals surface area (Å²) in [6, 6.07) is 6.10. The van der Waals surface area contributed by atoms with E-state index in [9.17, 15) is 4.39 Å². The number of aryl methyl sites for hydroxylation is 2. The Morgan fingerprint density at radius 3 is 2.74 bits per heavy atom. The molecular formula is C20H21FN3O2S+. The average molecular weight is 386 g/mol. The summed E-state index contributed by atoms with van der Waals surface area (Å²) in [5, 5.41) is 1.04. The van der Waals surface area contributed by atoms with Crippen molar-refractivity contribution in [1.29, 1.82) is 0 Å². The van der Waals surface area contributed by atoms with E-state index in [1.807, 2.05) is 0 Å². The van der Waals surface area contributed by atoms with Crippen LogP contribution in [0.15, 0.2) is 24.3 Å². The van der Waals surface area contributed by atoms with Gasteiger partial charge in [-0.3, -0.25) is 0 Å². The van der Waals surface area contributed by atoms with Gasteiger partial charge in [-0.25, -0.2) is 9.37 Å². The minimum Gasteiger partial charge on any atom is -0.438 e. The predicted octanol–water partition coefficient (Wildman–Crippen LogP) is 2.53. The summed E-state index contributed by atoms with van der Waals surface area (Å²) in [6.45, 7) is 4.27. The number of hydrogen-bond acceptors (Lipinski definition) is 5. The number of nitrogens with zero attached hydrogens (tertiary/aromatic N) is 2. The van der Waals surface area contributed by atoms with E-state index in [2.05, 4.69) is 0 Å². The molecule has 1 aliphatic carbocycles. The fraction of sp³-hybridized carbons (Fsp3) is 0.400. The van der Waals surface area contributed by atoms with Gasteiger partial charge >= 0.3 is 0 Å². The summed E-state index contributed by atoms with van der Waals surface area (Å²) < 4.78 is 24.8. The number of aromatic nitrogens is 2. The molecule has 2 aliphatic rings. The van der Waals surface area contributed by atoms with E-state index < -0.39 is 0 Å². The van der Waals surface area contributed by atoms with Gasteiger partial charge in [0.1, 0.15) is 36.0 Å². The van der Waals surface area contributed by atoms with Gasteiger partial charge in [-0.15, -0.1) is 11.3 Å². The molecular weight excluding hydrogens is 365 g/mol. The molecule has 1 saturated heterocycles. The van der Waals surface area contributed by atoms with E-state index in [0.29, 0.717) is 11.6 Å². The molecule has 2 aromatic heterocycles. The molecule has 3 aromatic rings. The third-order valence-electron chi connectivity index (χ3n) is 5.21. The quantitative estimate of drug-likeness (QED) is 0.749. The van der Waals surface area contributed by atoms with Gasteiger partial charge in [0.2, 0.25) is 5.88 Å². The van der Waals surface area contributed by atoms with Gasteiger partial charge in [0.25, 0.3) is 0 Å². The molecule has 0 atom stereocenters. The summed E-state index contributed by atoms with van der Waals surface area (Å²) in [5.74, 6) is 1.73. The Kier molecular flexibility index (Phi) is 4.51. The van der Waals surface area contributed by atoms with Gasteiger partial charge in [-0.2, -0.15) is 4.98 Å². The van der Waals surface area contributed by atoms with Crippen LogP contribution in [0.3, 0.4) is 0 Å². The van der Waals surface area contributed by atoms with E-state index in [0.717, 1.165) is 61.7 Å². The Balaban J connectivity index is 1.54. The lowest BCUT2D eigenvalue weighted by molar-refractivity contribution is -0.922. The molecule has 1 N–H and O–H groups in total. The van der Waals surface area contributed by atoms with Gasteiger partial charge in [-0.05, 0) is 49.1 Å². The number of fused-ring (bicyclic) bond motifs is 3. The van der Waals surface area contributed by atoms with Crippen LogP contribution in [0.2, 0.25) is 0 Å². The second-order valence-corrected chi connectivity index (χ2v) is 8.16. The van der Waals surface area contributed by atoms with Crippen LogP contribution in [0.25, 0.3) is 10.2 Å². The van der Waals surface area contributed by atoms with Crippen LogP contribution in [0.4, 0.5) is 4.39 Å². The summed E-state index contributed by atoms with van der Waals surface area (Å²) in [4.78, 5) is 13.5. The van der Waals surface area contributed by atoms with Crippen molar-refractivity contribution in [3.05, 3.63) is 46.3 Å². The van der Waals surface area contributed by atoms with Gasteiger partial charge in [0.15, 0.2) is 5.82 Å². The van der Waals surface area contributed by atoms with Crippen molar-refractivity contribution in [2.75, 3.05) is 26.3 Å². The zero-order chi connectivity index (χ0) is 18.2. The molecule has 1 fully saturated rings. The first kappa shape index (κ1) is 17.0. The normalized spacial score (nSPS) is 17.4. The van der Waals surface area contributed by atoms with Crippen LogP contribution in [-0.4, -0.2) is 36.3 Å². The minimum atomic E-state index is -0.275. The Hall–Kier alpha value is -2.09. The number of ether oxygens (including phenoxy) is 2. The van der Waals surface area contributed by atoms with Crippen LogP contribution in [0.5, 0.6) is 11.6 Å². The maximum atomic E-state index is 13.2. The number of halogens is 1.